The lowest BCUT2D eigenvalue weighted by Crippen LogP contribution is -2.20. The summed E-state index contributed by atoms with van der Waals surface area (Å²) in [5, 5.41) is 3.45. The van der Waals surface area contributed by atoms with E-state index in [1.54, 1.807) is 7.11 Å². The Morgan fingerprint density at radius 3 is 2.82 bits per heavy atom. The van der Waals surface area contributed by atoms with E-state index < -0.39 is 0 Å². The molecular weight excluding hydrogens is 138 g/mol. The molecule has 0 bridgehead atoms. The van der Waals surface area contributed by atoms with Crippen molar-refractivity contribution in [2.75, 3.05) is 20.3 Å². The summed E-state index contributed by atoms with van der Waals surface area (Å²) in [7, 11) is 1.78. The average Bonchev–Trinajstić information content (AvgIpc) is 2.36. The van der Waals surface area contributed by atoms with Crippen LogP contribution in [0.15, 0.2) is 0 Å². The molecule has 1 heterocycles. The van der Waals surface area contributed by atoms with Gasteiger partial charge in [0.2, 0.25) is 0 Å². The fraction of sp³-hybridized carbons (Fsp3) is 1.00. The minimum atomic E-state index is 0.706. The van der Waals surface area contributed by atoms with Gasteiger partial charge in [0.1, 0.15) is 0 Å². The second kappa shape index (κ2) is 4.07. The standard InChI is InChI=1S/C9H19NO/c1-7(6-11-3)9-4-8(2)10-5-9/h7-10H,4-6H2,1-3H3. The smallest absolute Gasteiger partial charge is 0.0490 e. The largest absolute Gasteiger partial charge is 0.384 e. The molecule has 0 aromatic rings. The van der Waals surface area contributed by atoms with Gasteiger partial charge in [0, 0.05) is 19.8 Å². The zero-order valence-corrected chi connectivity index (χ0v) is 7.76. The highest BCUT2D eigenvalue weighted by Gasteiger charge is 2.25. The quantitative estimate of drug-likeness (QED) is 0.666. The average molecular weight is 157 g/mol. The molecule has 0 aromatic heterocycles. The van der Waals surface area contributed by atoms with Crippen LogP contribution in [0.5, 0.6) is 0 Å². The van der Waals surface area contributed by atoms with Crippen LogP contribution in [0.3, 0.4) is 0 Å². The molecule has 1 aliphatic rings. The minimum Gasteiger partial charge on any atom is -0.384 e. The SMILES string of the molecule is COCC(C)C1CNC(C)C1. The second-order valence-electron chi connectivity index (χ2n) is 3.74. The Hall–Kier alpha value is -0.0800. The first kappa shape index (κ1) is 9.01. The molecule has 1 N–H and O–H groups in total. The fourth-order valence-electron chi connectivity index (χ4n) is 1.81. The van der Waals surface area contributed by atoms with Crippen molar-refractivity contribution in [1.82, 2.24) is 5.32 Å². The Kier molecular flexibility index (Phi) is 3.34. The van der Waals surface area contributed by atoms with Gasteiger partial charge >= 0.3 is 0 Å². The predicted octanol–water partition coefficient (Wildman–Crippen LogP) is 1.27. The Bertz CT molecular complexity index is 116. The lowest BCUT2D eigenvalue weighted by Gasteiger charge is -2.16. The third-order valence-corrected chi connectivity index (χ3v) is 2.62. The highest BCUT2D eigenvalue weighted by molar-refractivity contribution is 4.81. The summed E-state index contributed by atoms with van der Waals surface area (Å²) < 4.78 is 5.12. The van der Waals surface area contributed by atoms with Crippen LogP contribution >= 0.6 is 0 Å². The van der Waals surface area contributed by atoms with E-state index >= 15 is 0 Å². The Morgan fingerprint density at radius 2 is 2.36 bits per heavy atom. The van der Waals surface area contributed by atoms with Crippen LogP contribution < -0.4 is 5.32 Å². The van der Waals surface area contributed by atoms with Crippen molar-refractivity contribution in [2.45, 2.75) is 26.3 Å². The predicted molar refractivity (Wildman–Crippen MR) is 46.6 cm³/mol. The molecule has 0 radical (unpaired) electrons. The maximum absolute atomic E-state index is 5.12. The van der Waals surface area contributed by atoms with Crippen molar-refractivity contribution < 1.29 is 4.74 Å². The molecular formula is C9H19NO. The number of ether oxygens (including phenoxy) is 1. The van der Waals surface area contributed by atoms with Crippen molar-refractivity contribution >= 4 is 0 Å². The zero-order chi connectivity index (χ0) is 8.27. The molecule has 0 aromatic carbocycles. The van der Waals surface area contributed by atoms with Crippen LogP contribution in [0.4, 0.5) is 0 Å². The Balaban J connectivity index is 2.25. The molecule has 1 fully saturated rings. The van der Waals surface area contributed by atoms with Crippen LogP contribution in [-0.2, 0) is 4.74 Å². The van der Waals surface area contributed by atoms with E-state index in [0.717, 1.165) is 12.5 Å². The van der Waals surface area contributed by atoms with Crippen molar-refractivity contribution in [3.63, 3.8) is 0 Å². The summed E-state index contributed by atoms with van der Waals surface area (Å²) in [5.41, 5.74) is 0. The van der Waals surface area contributed by atoms with Gasteiger partial charge in [0.15, 0.2) is 0 Å². The monoisotopic (exact) mass is 157 g/mol. The lowest BCUT2D eigenvalue weighted by atomic mass is 9.93. The molecule has 3 atom stereocenters. The van der Waals surface area contributed by atoms with Crippen molar-refractivity contribution in [2.24, 2.45) is 11.8 Å². The van der Waals surface area contributed by atoms with Gasteiger partial charge in [-0.3, -0.25) is 0 Å². The highest BCUT2D eigenvalue weighted by atomic mass is 16.5. The molecule has 0 amide bonds. The molecule has 2 nitrogen and oxygen atoms in total. The van der Waals surface area contributed by atoms with E-state index in [1.165, 1.54) is 13.0 Å². The van der Waals surface area contributed by atoms with Gasteiger partial charge in [0.25, 0.3) is 0 Å². The van der Waals surface area contributed by atoms with Crippen molar-refractivity contribution in [1.29, 1.82) is 0 Å². The summed E-state index contributed by atoms with van der Waals surface area (Å²) in [6.07, 6.45) is 1.31. The molecule has 1 saturated heterocycles. The van der Waals surface area contributed by atoms with Crippen LogP contribution in [0.25, 0.3) is 0 Å². The maximum Gasteiger partial charge on any atom is 0.0490 e. The van der Waals surface area contributed by atoms with Gasteiger partial charge in [-0.05, 0) is 31.7 Å². The van der Waals surface area contributed by atoms with E-state index in [-0.39, 0.29) is 0 Å². The van der Waals surface area contributed by atoms with E-state index in [9.17, 15) is 0 Å². The van der Waals surface area contributed by atoms with Gasteiger partial charge in [-0.25, -0.2) is 0 Å². The van der Waals surface area contributed by atoms with Crippen molar-refractivity contribution in [3.05, 3.63) is 0 Å². The first-order chi connectivity index (χ1) is 5.24. The molecule has 0 spiro atoms. The maximum atomic E-state index is 5.12. The van der Waals surface area contributed by atoms with Crippen LogP contribution in [-0.4, -0.2) is 26.3 Å². The third-order valence-electron chi connectivity index (χ3n) is 2.62. The van der Waals surface area contributed by atoms with Crippen LogP contribution in [0.2, 0.25) is 0 Å². The van der Waals surface area contributed by atoms with Gasteiger partial charge in [-0.15, -0.1) is 0 Å². The van der Waals surface area contributed by atoms with E-state index in [0.29, 0.717) is 12.0 Å². The van der Waals surface area contributed by atoms with Crippen LogP contribution in [0.1, 0.15) is 20.3 Å². The van der Waals surface area contributed by atoms with Gasteiger partial charge in [0.05, 0.1) is 0 Å². The number of methoxy groups -OCH3 is 1. The number of hydrogen-bond donors (Lipinski definition) is 1. The summed E-state index contributed by atoms with van der Waals surface area (Å²) in [6, 6.07) is 0.708. The highest BCUT2D eigenvalue weighted by Crippen LogP contribution is 2.21. The van der Waals surface area contributed by atoms with Gasteiger partial charge in [-0.2, -0.15) is 0 Å². The Labute approximate surface area is 69.3 Å². The second-order valence-corrected chi connectivity index (χ2v) is 3.74. The normalized spacial score (nSPS) is 34.1. The van der Waals surface area contributed by atoms with Gasteiger partial charge < -0.3 is 10.1 Å². The van der Waals surface area contributed by atoms with E-state index in [4.69, 9.17) is 4.74 Å². The fourth-order valence-corrected chi connectivity index (χ4v) is 1.81. The van der Waals surface area contributed by atoms with E-state index in [2.05, 4.69) is 19.2 Å². The molecule has 11 heavy (non-hydrogen) atoms. The molecule has 0 saturated carbocycles. The van der Waals surface area contributed by atoms with Crippen LogP contribution in [0, 0.1) is 11.8 Å². The molecule has 1 rings (SSSR count). The molecule has 1 aliphatic heterocycles. The topological polar surface area (TPSA) is 21.3 Å². The number of nitrogens with one attached hydrogen (secondary N) is 1. The molecule has 2 heteroatoms. The third kappa shape index (κ3) is 2.46. The van der Waals surface area contributed by atoms with Crippen molar-refractivity contribution in [3.8, 4) is 0 Å². The molecule has 3 unspecified atom stereocenters. The minimum absolute atomic E-state index is 0.706. The Morgan fingerprint density at radius 1 is 1.64 bits per heavy atom. The molecule has 66 valence electrons. The van der Waals surface area contributed by atoms with Gasteiger partial charge in [-0.1, -0.05) is 6.92 Å². The lowest BCUT2D eigenvalue weighted by molar-refractivity contribution is 0.133. The zero-order valence-electron chi connectivity index (χ0n) is 7.76. The summed E-state index contributed by atoms with van der Waals surface area (Å²) >= 11 is 0. The number of hydrogen-bond acceptors (Lipinski definition) is 2. The summed E-state index contributed by atoms with van der Waals surface area (Å²) in [6.45, 7) is 6.60. The first-order valence-electron chi connectivity index (χ1n) is 4.46. The molecule has 0 aliphatic carbocycles. The number of rotatable bonds is 3. The first-order valence-corrected chi connectivity index (χ1v) is 4.46. The summed E-state index contributed by atoms with van der Waals surface area (Å²) in [5.74, 6) is 1.53. The summed E-state index contributed by atoms with van der Waals surface area (Å²) in [4.78, 5) is 0. The van der Waals surface area contributed by atoms with E-state index in [1.807, 2.05) is 0 Å².